The van der Waals surface area contributed by atoms with E-state index in [0.29, 0.717) is 52.1 Å². The zero-order valence-corrected chi connectivity index (χ0v) is 28.8. The van der Waals surface area contributed by atoms with Crippen LogP contribution >= 0.6 is 27.3 Å². The normalized spacial score (nSPS) is 13.5. The van der Waals surface area contributed by atoms with E-state index in [1.165, 1.54) is 6.08 Å². The summed E-state index contributed by atoms with van der Waals surface area (Å²) in [5.74, 6) is -1.26. The van der Waals surface area contributed by atoms with Crippen LogP contribution < -0.4 is 14.4 Å². The Labute approximate surface area is 287 Å². The molecule has 5 rings (SSSR count). The molecule has 246 valence electrons. The highest BCUT2D eigenvalue weighted by molar-refractivity contribution is 9.10. The number of piperidine rings is 1. The van der Waals surface area contributed by atoms with Crippen LogP contribution in [0.25, 0.3) is 10.4 Å². The number of anilines is 1. The van der Waals surface area contributed by atoms with Gasteiger partial charge in [-0.3, -0.25) is 4.31 Å². The molecule has 0 aliphatic carbocycles. The summed E-state index contributed by atoms with van der Waals surface area (Å²) in [6, 6.07) is 25.4. The highest BCUT2D eigenvalue weighted by Crippen LogP contribution is 2.47. The van der Waals surface area contributed by atoms with Gasteiger partial charge in [-0.05, 0) is 70.7 Å². The maximum atomic E-state index is 14.0. The van der Waals surface area contributed by atoms with Crippen molar-refractivity contribution in [3.8, 4) is 16.2 Å². The average molecular weight is 740 g/mol. The first-order valence-corrected chi connectivity index (χ1v) is 18.3. The van der Waals surface area contributed by atoms with Crippen LogP contribution in [-0.4, -0.2) is 52.7 Å². The van der Waals surface area contributed by atoms with E-state index in [1.807, 2.05) is 72.8 Å². The van der Waals surface area contributed by atoms with Crippen LogP contribution in [-0.2, 0) is 36.7 Å². The van der Waals surface area contributed by atoms with Crippen LogP contribution in [0.2, 0.25) is 0 Å². The predicted molar refractivity (Wildman–Crippen MR) is 187 cm³/mol. The largest absolute Gasteiger partial charge is 0.479 e. The van der Waals surface area contributed by atoms with Crippen molar-refractivity contribution in [2.75, 3.05) is 30.6 Å². The van der Waals surface area contributed by atoms with Gasteiger partial charge in [0.05, 0.1) is 20.8 Å². The Morgan fingerprint density at radius 2 is 1.64 bits per heavy atom. The number of halogens is 1. The minimum absolute atomic E-state index is 0.0255. The number of hydrogen-bond donors (Lipinski definition) is 1. The van der Waals surface area contributed by atoms with Gasteiger partial charge in [-0.2, -0.15) is 0 Å². The van der Waals surface area contributed by atoms with Crippen molar-refractivity contribution in [1.82, 2.24) is 5.32 Å². The van der Waals surface area contributed by atoms with Gasteiger partial charge in [-0.1, -0.05) is 85.5 Å². The topological polar surface area (TPSA) is 111 Å². The van der Waals surface area contributed by atoms with E-state index >= 15 is 0 Å². The van der Waals surface area contributed by atoms with Gasteiger partial charge in [0.15, 0.2) is 17.2 Å². The van der Waals surface area contributed by atoms with Gasteiger partial charge in [0, 0.05) is 6.04 Å². The molecule has 1 N–H and O–H groups in total. The number of sulfonamides is 1. The second-order valence-corrected chi connectivity index (χ2v) is 14.5. The van der Waals surface area contributed by atoms with E-state index < -0.39 is 28.6 Å². The lowest BCUT2D eigenvalue weighted by Crippen LogP contribution is -2.46. The fourth-order valence-electron chi connectivity index (χ4n) is 5.24. The van der Waals surface area contributed by atoms with Crippen LogP contribution in [0.4, 0.5) is 5.69 Å². The smallest absolute Gasteiger partial charge is 0.352 e. The van der Waals surface area contributed by atoms with Gasteiger partial charge in [0.2, 0.25) is 10.0 Å². The molecule has 0 radical (unpaired) electrons. The lowest BCUT2D eigenvalue weighted by Gasteiger charge is -2.35. The summed E-state index contributed by atoms with van der Waals surface area (Å²) in [7, 11) is -3.77. The molecule has 1 aromatic heterocycles. The molecule has 3 aromatic carbocycles. The Morgan fingerprint density at radius 3 is 2.32 bits per heavy atom. The number of benzene rings is 3. The molecule has 0 amide bonds. The summed E-state index contributed by atoms with van der Waals surface area (Å²) < 4.78 is 46.6. The summed E-state index contributed by atoms with van der Waals surface area (Å²) in [5, 5.41) is 3.32. The Kier molecular flexibility index (Phi) is 11.9. The van der Waals surface area contributed by atoms with Gasteiger partial charge < -0.3 is 19.5 Å². The van der Waals surface area contributed by atoms with Crippen LogP contribution in [0.1, 0.15) is 33.6 Å². The number of nitrogens with one attached hydrogen (secondary N) is 1. The van der Waals surface area contributed by atoms with Crippen LogP contribution in [0, 0.1) is 0 Å². The SMILES string of the molecule is C=CCOC(=O)COc1c(C(=O)OCc2ccccc2)sc(-c2cccc(N(C3CCNCC3)S(=O)(=O)Cc3ccccc3)c2)c1Br. The van der Waals surface area contributed by atoms with Crippen molar-refractivity contribution in [2.45, 2.75) is 31.2 Å². The summed E-state index contributed by atoms with van der Waals surface area (Å²) >= 11 is 4.72. The number of ether oxygens (including phenoxy) is 3. The molecule has 1 aliphatic heterocycles. The highest BCUT2D eigenvalue weighted by Gasteiger charge is 2.32. The maximum Gasteiger partial charge on any atom is 0.352 e. The van der Waals surface area contributed by atoms with E-state index in [2.05, 4.69) is 27.8 Å². The van der Waals surface area contributed by atoms with E-state index in [1.54, 1.807) is 16.4 Å². The molecule has 0 saturated carbocycles. The fraction of sp³-hybridized carbons (Fsp3) is 0.257. The zero-order chi connectivity index (χ0) is 33.2. The minimum Gasteiger partial charge on any atom is -0.479 e. The number of esters is 2. The third-order valence-corrected chi connectivity index (χ3v) is 11.4. The maximum absolute atomic E-state index is 14.0. The number of carbonyl (C=O) groups excluding carboxylic acids is 2. The molecule has 4 aromatic rings. The first-order valence-electron chi connectivity index (χ1n) is 15.1. The summed E-state index contributed by atoms with van der Waals surface area (Å²) in [6.07, 6.45) is 2.78. The number of thiophene rings is 1. The van der Waals surface area contributed by atoms with E-state index in [0.717, 1.165) is 16.9 Å². The predicted octanol–water partition coefficient (Wildman–Crippen LogP) is 6.73. The van der Waals surface area contributed by atoms with Crippen LogP contribution in [0.15, 0.2) is 102 Å². The Hall–Kier alpha value is -3.97. The Morgan fingerprint density at radius 1 is 0.957 bits per heavy atom. The lowest BCUT2D eigenvalue weighted by molar-refractivity contribution is -0.144. The van der Waals surface area contributed by atoms with Crippen molar-refractivity contribution in [3.05, 3.63) is 118 Å². The second-order valence-electron chi connectivity index (χ2n) is 10.8. The molecule has 47 heavy (non-hydrogen) atoms. The molecule has 1 aliphatic rings. The zero-order valence-electron chi connectivity index (χ0n) is 25.6. The second kappa shape index (κ2) is 16.2. The summed E-state index contributed by atoms with van der Waals surface area (Å²) in [5.41, 5.74) is 2.70. The average Bonchev–Trinajstić information content (AvgIpc) is 3.42. The molecule has 1 fully saturated rings. The molecule has 0 unspecified atom stereocenters. The van der Waals surface area contributed by atoms with Crippen molar-refractivity contribution in [3.63, 3.8) is 0 Å². The number of hydrogen-bond acceptors (Lipinski definition) is 9. The molecule has 2 heterocycles. The summed E-state index contributed by atoms with van der Waals surface area (Å²) in [4.78, 5) is 26.4. The monoisotopic (exact) mass is 738 g/mol. The van der Waals surface area contributed by atoms with E-state index in [-0.39, 0.29) is 35.6 Å². The Bertz CT molecular complexity index is 1790. The fourth-order valence-corrected chi connectivity index (χ4v) is 9.03. The molecule has 1 saturated heterocycles. The number of nitrogens with zero attached hydrogens (tertiary/aromatic N) is 1. The number of carbonyl (C=O) groups is 2. The molecular weight excluding hydrogens is 704 g/mol. The van der Waals surface area contributed by atoms with Gasteiger partial charge in [0.25, 0.3) is 0 Å². The summed E-state index contributed by atoms with van der Waals surface area (Å²) in [6.45, 7) is 4.59. The van der Waals surface area contributed by atoms with E-state index in [4.69, 9.17) is 14.2 Å². The number of rotatable bonds is 14. The quantitative estimate of drug-likeness (QED) is 0.112. The standard InChI is InChI=1S/C35H35BrN2O7S2/c1-2-20-43-30(39)23-44-32-31(36)33(46-34(32)35(40)45-22-25-10-5-3-6-11-25)27-14-9-15-29(21-27)38(28-16-18-37-19-17-28)47(41,42)24-26-12-7-4-8-13-26/h2-15,21,28,37H,1,16-20,22-24H2. The van der Waals surface area contributed by atoms with Gasteiger partial charge in [-0.15, -0.1) is 11.3 Å². The van der Waals surface area contributed by atoms with Crippen LogP contribution in [0.5, 0.6) is 5.75 Å². The van der Waals surface area contributed by atoms with Gasteiger partial charge in [-0.25, -0.2) is 18.0 Å². The van der Waals surface area contributed by atoms with E-state index in [9.17, 15) is 18.0 Å². The van der Waals surface area contributed by atoms with Crippen molar-refractivity contribution >= 4 is 54.9 Å². The molecule has 0 spiro atoms. The first kappa shape index (κ1) is 34.4. The van der Waals surface area contributed by atoms with Crippen molar-refractivity contribution < 1.29 is 32.2 Å². The van der Waals surface area contributed by atoms with Gasteiger partial charge >= 0.3 is 11.9 Å². The first-order chi connectivity index (χ1) is 22.8. The molecular formula is C35H35BrN2O7S2. The van der Waals surface area contributed by atoms with Crippen molar-refractivity contribution in [1.29, 1.82) is 0 Å². The van der Waals surface area contributed by atoms with Crippen LogP contribution in [0.3, 0.4) is 0 Å². The highest BCUT2D eigenvalue weighted by atomic mass is 79.9. The molecule has 9 nitrogen and oxygen atoms in total. The molecule has 12 heteroatoms. The Balaban J connectivity index is 1.50. The minimum atomic E-state index is -3.77. The lowest BCUT2D eigenvalue weighted by atomic mass is 10.1. The van der Waals surface area contributed by atoms with Crippen molar-refractivity contribution in [2.24, 2.45) is 0 Å². The third-order valence-electron chi connectivity index (χ3n) is 7.40. The van der Waals surface area contributed by atoms with Gasteiger partial charge in [0.1, 0.15) is 13.2 Å². The molecule has 0 atom stereocenters. The third kappa shape index (κ3) is 8.89. The molecule has 0 bridgehead atoms.